The molecule has 0 unspecified atom stereocenters. The minimum absolute atomic E-state index is 0.163. The van der Waals surface area contributed by atoms with E-state index in [-0.39, 0.29) is 5.41 Å². The first-order chi connectivity index (χ1) is 13.9. The molecule has 5 atom stereocenters. The quantitative estimate of drug-likeness (QED) is 0.457. The number of benzene rings is 2. The van der Waals surface area contributed by atoms with Crippen LogP contribution in [-0.2, 0) is 6.42 Å². The third-order valence-electron chi connectivity index (χ3n) is 8.19. The van der Waals surface area contributed by atoms with Gasteiger partial charge >= 0.3 is 0 Å². The lowest BCUT2D eigenvalue weighted by Crippen LogP contribution is -2.50. The van der Waals surface area contributed by atoms with E-state index in [0.717, 1.165) is 49.8 Å². The van der Waals surface area contributed by atoms with Crippen LogP contribution in [0.5, 0.6) is 5.75 Å². The van der Waals surface area contributed by atoms with E-state index in [1.165, 1.54) is 11.1 Å². The number of nitrogen functional groups attached to an aromatic ring is 1. The average molecular weight is 388 g/mol. The molecule has 3 aliphatic carbocycles. The van der Waals surface area contributed by atoms with Crippen molar-refractivity contribution in [2.75, 3.05) is 5.73 Å². The van der Waals surface area contributed by atoms with Gasteiger partial charge in [-0.3, -0.25) is 0 Å². The van der Waals surface area contributed by atoms with E-state index >= 15 is 0 Å². The normalized spacial score (nSPS) is 35.0. The Kier molecular flexibility index (Phi) is 4.19. The van der Waals surface area contributed by atoms with Gasteiger partial charge in [-0.25, -0.2) is 0 Å². The summed E-state index contributed by atoms with van der Waals surface area (Å²) in [4.78, 5) is 0. The summed E-state index contributed by atoms with van der Waals surface area (Å²) in [6.45, 7) is 2.27. The number of anilines is 1. The smallest absolute Gasteiger partial charge is 0.131 e. The molecule has 2 aromatic carbocycles. The van der Waals surface area contributed by atoms with Crippen LogP contribution in [0.15, 0.2) is 42.5 Å². The van der Waals surface area contributed by atoms with Crippen LogP contribution in [0.4, 0.5) is 5.69 Å². The molecular formula is C26H29NO2. The largest absolute Gasteiger partial charge is 0.508 e. The molecule has 5 rings (SSSR count). The van der Waals surface area contributed by atoms with E-state index in [1.54, 1.807) is 0 Å². The molecular weight excluding hydrogens is 358 g/mol. The van der Waals surface area contributed by atoms with Gasteiger partial charge in [-0.2, -0.15) is 0 Å². The van der Waals surface area contributed by atoms with Crippen molar-refractivity contribution in [3.05, 3.63) is 59.2 Å². The Labute approximate surface area is 173 Å². The van der Waals surface area contributed by atoms with Crippen LogP contribution in [0.2, 0.25) is 0 Å². The van der Waals surface area contributed by atoms with E-state index in [0.29, 0.717) is 23.5 Å². The molecule has 0 aliphatic heterocycles. The first-order valence-electron chi connectivity index (χ1n) is 10.8. The molecule has 2 fully saturated rings. The van der Waals surface area contributed by atoms with Crippen molar-refractivity contribution in [1.82, 2.24) is 0 Å². The number of aryl methyl sites for hydroxylation is 1. The molecule has 150 valence electrons. The maximum atomic E-state index is 11.7. The Balaban J connectivity index is 1.44. The van der Waals surface area contributed by atoms with Crippen LogP contribution < -0.4 is 5.73 Å². The van der Waals surface area contributed by atoms with Crippen molar-refractivity contribution in [3.63, 3.8) is 0 Å². The molecule has 0 bridgehead atoms. The molecule has 2 saturated carbocycles. The predicted molar refractivity (Wildman–Crippen MR) is 115 cm³/mol. The Morgan fingerprint density at radius 2 is 1.83 bits per heavy atom. The van der Waals surface area contributed by atoms with Crippen LogP contribution >= 0.6 is 0 Å². The maximum absolute atomic E-state index is 11.7. The molecule has 0 radical (unpaired) electrons. The molecule has 3 nitrogen and oxygen atoms in total. The number of rotatable bonds is 0. The van der Waals surface area contributed by atoms with Crippen LogP contribution in [-0.4, -0.2) is 15.8 Å². The highest BCUT2D eigenvalue weighted by molar-refractivity contribution is 5.46. The predicted octanol–water partition coefficient (Wildman–Crippen LogP) is 4.61. The first kappa shape index (κ1) is 18.6. The van der Waals surface area contributed by atoms with Crippen molar-refractivity contribution >= 4 is 5.69 Å². The third kappa shape index (κ3) is 2.85. The fourth-order valence-corrected chi connectivity index (χ4v) is 6.53. The molecule has 0 heterocycles. The fourth-order valence-electron chi connectivity index (χ4n) is 6.53. The Bertz CT molecular complexity index is 1000. The molecule has 2 aromatic rings. The SMILES string of the molecule is C[C@]12CC[C@@H]3c4ccc(O)cc4CC[C@H]3[C@@H]1CC[C@@]2(O)C#Cc1ccc(N)cc1. The number of nitrogens with two attached hydrogens (primary N) is 1. The summed E-state index contributed by atoms with van der Waals surface area (Å²) in [6, 6.07) is 13.5. The summed E-state index contributed by atoms with van der Waals surface area (Å²) in [7, 11) is 0. The second-order valence-corrected chi connectivity index (χ2v) is 9.53. The minimum Gasteiger partial charge on any atom is -0.508 e. The van der Waals surface area contributed by atoms with Gasteiger partial charge in [-0.1, -0.05) is 24.8 Å². The number of fused-ring (bicyclic) bond motifs is 5. The second-order valence-electron chi connectivity index (χ2n) is 9.53. The lowest BCUT2D eigenvalue weighted by molar-refractivity contribution is -0.0647. The summed E-state index contributed by atoms with van der Waals surface area (Å²) >= 11 is 0. The van der Waals surface area contributed by atoms with Gasteiger partial charge in [-0.15, -0.1) is 0 Å². The lowest BCUT2D eigenvalue weighted by Gasteiger charge is -2.52. The Morgan fingerprint density at radius 3 is 2.62 bits per heavy atom. The van der Waals surface area contributed by atoms with Gasteiger partial charge in [0.15, 0.2) is 0 Å². The van der Waals surface area contributed by atoms with Crippen molar-refractivity contribution in [1.29, 1.82) is 0 Å². The minimum atomic E-state index is -0.931. The molecule has 29 heavy (non-hydrogen) atoms. The van der Waals surface area contributed by atoms with Crippen LogP contribution in [0, 0.1) is 29.1 Å². The molecule has 0 amide bonds. The molecule has 0 spiro atoms. The van der Waals surface area contributed by atoms with Crippen LogP contribution in [0.3, 0.4) is 0 Å². The van der Waals surface area contributed by atoms with Crippen molar-refractivity contribution < 1.29 is 10.2 Å². The van der Waals surface area contributed by atoms with E-state index in [4.69, 9.17) is 5.73 Å². The molecule has 3 heteroatoms. The second kappa shape index (κ2) is 6.54. The lowest BCUT2D eigenvalue weighted by atomic mass is 9.53. The van der Waals surface area contributed by atoms with Gasteiger partial charge in [-0.05, 0) is 104 Å². The molecule has 3 aliphatic rings. The van der Waals surface area contributed by atoms with Crippen molar-refractivity contribution in [3.8, 4) is 17.6 Å². The summed E-state index contributed by atoms with van der Waals surface area (Å²) in [5, 5.41) is 21.5. The van der Waals surface area contributed by atoms with Gasteiger partial charge in [0.25, 0.3) is 0 Å². The molecule has 4 N–H and O–H groups in total. The van der Waals surface area contributed by atoms with Crippen molar-refractivity contribution in [2.24, 2.45) is 17.3 Å². The number of aliphatic hydroxyl groups is 1. The zero-order chi connectivity index (χ0) is 20.2. The van der Waals surface area contributed by atoms with Gasteiger partial charge in [0.05, 0.1) is 0 Å². The highest BCUT2D eigenvalue weighted by atomic mass is 16.3. The first-order valence-corrected chi connectivity index (χ1v) is 10.8. The highest BCUT2D eigenvalue weighted by Gasteiger charge is 2.61. The van der Waals surface area contributed by atoms with E-state index in [9.17, 15) is 10.2 Å². The van der Waals surface area contributed by atoms with E-state index in [1.807, 2.05) is 36.4 Å². The summed E-state index contributed by atoms with van der Waals surface area (Å²) < 4.78 is 0. The standard InChI is InChI=1S/C26H29NO2/c1-25-13-11-22-21-9-7-20(28)16-18(21)4-8-23(22)24(25)12-15-26(25,29)14-10-17-2-5-19(27)6-3-17/h2-3,5-7,9,16,22-24,28-29H,4,8,11-13,15,27H2,1H3/t22-,23-,24+,25+,26+/m1/s1. The fraction of sp³-hybridized carbons (Fsp3) is 0.462. The molecule has 0 saturated heterocycles. The maximum Gasteiger partial charge on any atom is 0.131 e. The number of hydrogen-bond acceptors (Lipinski definition) is 3. The molecule has 0 aromatic heterocycles. The van der Waals surface area contributed by atoms with Gasteiger partial charge in [0.1, 0.15) is 11.4 Å². The zero-order valence-electron chi connectivity index (χ0n) is 17.0. The highest BCUT2D eigenvalue weighted by Crippen LogP contribution is 2.64. The Morgan fingerprint density at radius 1 is 1.03 bits per heavy atom. The summed E-state index contributed by atoms with van der Waals surface area (Å²) in [6.07, 6.45) is 6.03. The zero-order valence-corrected chi connectivity index (χ0v) is 17.0. The number of phenols is 1. The number of phenolic OH excluding ortho intramolecular Hbond substituents is 1. The van der Waals surface area contributed by atoms with Gasteiger partial charge in [0.2, 0.25) is 0 Å². The number of hydrogen-bond donors (Lipinski definition) is 3. The van der Waals surface area contributed by atoms with Crippen molar-refractivity contribution in [2.45, 2.75) is 57.0 Å². The van der Waals surface area contributed by atoms with E-state index < -0.39 is 5.60 Å². The Hall–Kier alpha value is -2.44. The monoisotopic (exact) mass is 387 g/mol. The van der Waals surface area contributed by atoms with Crippen LogP contribution in [0.1, 0.15) is 61.6 Å². The average Bonchev–Trinajstić information content (AvgIpc) is 2.98. The van der Waals surface area contributed by atoms with Gasteiger partial charge in [0, 0.05) is 16.7 Å². The topological polar surface area (TPSA) is 66.5 Å². The third-order valence-corrected chi connectivity index (χ3v) is 8.19. The van der Waals surface area contributed by atoms with Gasteiger partial charge < -0.3 is 15.9 Å². The summed E-state index contributed by atoms with van der Waals surface area (Å²) in [5.41, 5.74) is 9.04. The van der Waals surface area contributed by atoms with E-state index in [2.05, 4.69) is 24.8 Å². The summed E-state index contributed by atoms with van der Waals surface area (Å²) in [5.74, 6) is 8.52. The van der Waals surface area contributed by atoms with Crippen LogP contribution in [0.25, 0.3) is 0 Å². The number of aromatic hydroxyl groups is 1.